The minimum Gasteiger partial charge on any atom is -0.481 e. The van der Waals surface area contributed by atoms with Gasteiger partial charge in [-0.15, -0.1) is 6.42 Å². The molecule has 1 N–H and O–H groups in total. The molecule has 0 atom stereocenters. The molecule has 4 heteroatoms. The fourth-order valence-electron chi connectivity index (χ4n) is 1.59. The minimum absolute atomic E-state index is 0.194. The van der Waals surface area contributed by atoms with E-state index in [4.69, 9.17) is 11.2 Å². The summed E-state index contributed by atoms with van der Waals surface area (Å²) in [5.74, 6) is 2.79. The molecule has 2 rings (SSSR count). The normalized spacial score (nSPS) is 9.60. The fraction of sp³-hybridized carbons (Fsp3) is 0.125. The van der Waals surface area contributed by atoms with Gasteiger partial charge in [0.1, 0.15) is 12.4 Å². The Hall–Kier alpha value is -2.80. The molecule has 0 saturated carbocycles. The van der Waals surface area contributed by atoms with E-state index < -0.39 is 0 Å². The number of hydrogen-bond acceptors (Lipinski definition) is 3. The van der Waals surface area contributed by atoms with Crippen molar-refractivity contribution in [2.75, 3.05) is 11.9 Å². The van der Waals surface area contributed by atoms with Crippen LogP contribution in [0.15, 0.2) is 42.6 Å². The highest BCUT2D eigenvalue weighted by Gasteiger charge is 2.06. The van der Waals surface area contributed by atoms with E-state index in [-0.39, 0.29) is 12.5 Å². The average molecular weight is 266 g/mol. The standard InChI is InChI=1S/C16H14N2O2/c1-3-9-20-15-6-4-5-14(10-15)18-16(19)13-8-7-12(2)17-11-13/h1,4-8,10-11H,9H2,2H3,(H,18,19). The van der Waals surface area contributed by atoms with Crippen molar-refractivity contribution in [2.45, 2.75) is 6.92 Å². The molecule has 0 fully saturated rings. The van der Waals surface area contributed by atoms with Gasteiger partial charge in [0, 0.05) is 23.6 Å². The molecule has 0 unspecified atom stereocenters. The van der Waals surface area contributed by atoms with E-state index in [1.165, 1.54) is 0 Å². The van der Waals surface area contributed by atoms with Gasteiger partial charge in [-0.1, -0.05) is 12.0 Å². The number of carbonyl (C=O) groups is 1. The van der Waals surface area contributed by atoms with Gasteiger partial charge in [0.25, 0.3) is 5.91 Å². The predicted molar refractivity (Wildman–Crippen MR) is 77.7 cm³/mol. The van der Waals surface area contributed by atoms with E-state index in [0.29, 0.717) is 17.0 Å². The number of pyridine rings is 1. The lowest BCUT2D eigenvalue weighted by Gasteiger charge is -2.07. The summed E-state index contributed by atoms with van der Waals surface area (Å²) in [7, 11) is 0. The molecule has 1 aromatic carbocycles. The van der Waals surface area contributed by atoms with Crippen LogP contribution in [0, 0.1) is 19.3 Å². The van der Waals surface area contributed by atoms with Gasteiger partial charge < -0.3 is 10.1 Å². The van der Waals surface area contributed by atoms with E-state index in [9.17, 15) is 4.79 Å². The number of terminal acetylenes is 1. The molecule has 1 amide bonds. The first-order valence-electron chi connectivity index (χ1n) is 6.09. The molecule has 0 aliphatic heterocycles. The van der Waals surface area contributed by atoms with Gasteiger partial charge in [0.2, 0.25) is 0 Å². The zero-order chi connectivity index (χ0) is 14.4. The van der Waals surface area contributed by atoms with Gasteiger partial charge >= 0.3 is 0 Å². The van der Waals surface area contributed by atoms with E-state index in [0.717, 1.165) is 5.69 Å². The van der Waals surface area contributed by atoms with E-state index >= 15 is 0 Å². The third-order valence-corrected chi connectivity index (χ3v) is 2.59. The minimum atomic E-state index is -0.216. The molecule has 0 radical (unpaired) electrons. The molecule has 1 aromatic heterocycles. The largest absolute Gasteiger partial charge is 0.481 e. The van der Waals surface area contributed by atoms with Crippen LogP contribution in [-0.4, -0.2) is 17.5 Å². The molecule has 0 bridgehead atoms. The zero-order valence-corrected chi connectivity index (χ0v) is 11.1. The number of anilines is 1. The zero-order valence-electron chi connectivity index (χ0n) is 11.1. The number of hydrogen-bond donors (Lipinski definition) is 1. The lowest BCUT2D eigenvalue weighted by Crippen LogP contribution is -2.12. The predicted octanol–water partition coefficient (Wildman–Crippen LogP) is 2.65. The van der Waals surface area contributed by atoms with Crippen molar-refractivity contribution in [3.63, 3.8) is 0 Å². The van der Waals surface area contributed by atoms with Gasteiger partial charge in [-0.2, -0.15) is 0 Å². The Bertz CT molecular complexity index is 642. The molecular formula is C16H14N2O2. The highest BCUT2D eigenvalue weighted by molar-refractivity contribution is 6.04. The lowest BCUT2D eigenvalue weighted by atomic mass is 10.2. The van der Waals surface area contributed by atoms with Crippen molar-refractivity contribution in [2.24, 2.45) is 0 Å². The van der Waals surface area contributed by atoms with Crippen molar-refractivity contribution in [3.05, 3.63) is 53.9 Å². The first-order valence-corrected chi connectivity index (χ1v) is 6.09. The summed E-state index contributed by atoms with van der Waals surface area (Å²) in [5, 5.41) is 2.78. The molecule has 100 valence electrons. The second-order valence-corrected chi connectivity index (χ2v) is 4.16. The summed E-state index contributed by atoms with van der Waals surface area (Å²) in [4.78, 5) is 16.1. The first-order chi connectivity index (χ1) is 9.69. The number of aryl methyl sites for hydroxylation is 1. The van der Waals surface area contributed by atoms with Crippen LogP contribution in [-0.2, 0) is 0 Å². The molecule has 0 aliphatic carbocycles. The Kier molecular flexibility index (Phi) is 4.35. The smallest absolute Gasteiger partial charge is 0.257 e. The maximum atomic E-state index is 12.0. The summed E-state index contributed by atoms with van der Waals surface area (Å²) in [6.07, 6.45) is 6.68. The summed E-state index contributed by atoms with van der Waals surface area (Å²) >= 11 is 0. The van der Waals surface area contributed by atoms with Crippen LogP contribution in [0.1, 0.15) is 16.1 Å². The van der Waals surface area contributed by atoms with Crippen LogP contribution in [0.3, 0.4) is 0 Å². The second kappa shape index (κ2) is 6.39. The Morgan fingerprint density at radius 3 is 2.95 bits per heavy atom. The van der Waals surface area contributed by atoms with Crippen molar-refractivity contribution >= 4 is 11.6 Å². The lowest BCUT2D eigenvalue weighted by molar-refractivity contribution is 0.102. The van der Waals surface area contributed by atoms with Gasteiger partial charge in [0.15, 0.2) is 0 Å². The summed E-state index contributed by atoms with van der Waals surface area (Å²) in [6.45, 7) is 2.06. The highest BCUT2D eigenvalue weighted by Crippen LogP contribution is 2.18. The van der Waals surface area contributed by atoms with Crippen LogP contribution < -0.4 is 10.1 Å². The third kappa shape index (κ3) is 3.59. The van der Waals surface area contributed by atoms with Crippen LogP contribution in [0.25, 0.3) is 0 Å². The molecule has 2 aromatic rings. The van der Waals surface area contributed by atoms with Gasteiger partial charge in [0.05, 0.1) is 5.56 Å². The molecular weight excluding hydrogens is 252 g/mol. The number of ether oxygens (including phenoxy) is 1. The topological polar surface area (TPSA) is 51.2 Å². The van der Waals surface area contributed by atoms with Crippen LogP contribution in [0.4, 0.5) is 5.69 Å². The maximum Gasteiger partial charge on any atom is 0.257 e. The molecule has 20 heavy (non-hydrogen) atoms. The number of benzene rings is 1. The summed E-state index contributed by atoms with van der Waals surface area (Å²) in [6, 6.07) is 10.6. The maximum absolute atomic E-state index is 12.0. The van der Waals surface area contributed by atoms with Gasteiger partial charge in [-0.3, -0.25) is 9.78 Å². The highest BCUT2D eigenvalue weighted by atomic mass is 16.5. The van der Waals surface area contributed by atoms with Crippen LogP contribution in [0.2, 0.25) is 0 Å². The van der Waals surface area contributed by atoms with Crippen molar-refractivity contribution in [1.82, 2.24) is 4.98 Å². The molecule has 0 saturated heterocycles. The molecule has 0 spiro atoms. The monoisotopic (exact) mass is 266 g/mol. The van der Waals surface area contributed by atoms with Crippen LogP contribution >= 0.6 is 0 Å². The van der Waals surface area contributed by atoms with E-state index in [1.54, 1.807) is 42.6 Å². The van der Waals surface area contributed by atoms with Gasteiger partial charge in [-0.05, 0) is 31.2 Å². The Morgan fingerprint density at radius 2 is 2.25 bits per heavy atom. The van der Waals surface area contributed by atoms with Crippen LogP contribution in [0.5, 0.6) is 5.75 Å². The van der Waals surface area contributed by atoms with Crippen molar-refractivity contribution in [1.29, 1.82) is 0 Å². The number of carbonyl (C=O) groups excluding carboxylic acids is 1. The summed E-state index contributed by atoms with van der Waals surface area (Å²) in [5.41, 5.74) is 2.02. The molecule has 4 nitrogen and oxygen atoms in total. The SMILES string of the molecule is C#CCOc1cccc(NC(=O)c2ccc(C)nc2)c1. The Labute approximate surface area is 117 Å². The van der Waals surface area contributed by atoms with Crippen molar-refractivity contribution in [3.8, 4) is 18.1 Å². The second-order valence-electron chi connectivity index (χ2n) is 4.16. The number of nitrogens with one attached hydrogen (secondary N) is 1. The number of rotatable bonds is 4. The number of aromatic nitrogens is 1. The molecule has 0 aliphatic rings. The molecule has 1 heterocycles. The fourth-order valence-corrected chi connectivity index (χ4v) is 1.59. The van der Waals surface area contributed by atoms with E-state index in [1.807, 2.05) is 6.92 Å². The quantitative estimate of drug-likeness (QED) is 0.865. The number of amides is 1. The first kappa shape index (κ1) is 13.6. The van der Waals surface area contributed by atoms with Crippen molar-refractivity contribution < 1.29 is 9.53 Å². The Morgan fingerprint density at radius 1 is 1.40 bits per heavy atom. The third-order valence-electron chi connectivity index (χ3n) is 2.59. The number of nitrogens with zero attached hydrogens (tertiary/aromatic N) is 1. The van der Waals surface area contributed by atoms with Gasteiger partial charge in [-0.25, -0.2) is 0 Å². The average Bonchev–Trinajstić information content (AvgIpc) is 2.46. The Balaban J connectivity index is 2.07. The van der Waals surface area contributed by atoms with E-state index in [2.05, 4.69) is 16.2 Å². The summed E-state index contributed by atoms with van der Waals surface area (Å²) < 4.78 is 5.30.